The van der Waals surface area contributed by atoms with Gasteiger partial charge in [-0.25, -0.2) is 4.39 Å². The van der Waals surface area contributed by atoms with Gasteiger partial charge in [0.2, 0.25) is 0 Å². The van der Waals surface area contributed by atoms with E-state index in [4.69, 9.17) is 11.6 Å². The van der Waals surface area contributed by atoms with Gasteiger partial charge >= 0.3 is 0 Å². The molecule has 0 aromatic heterocycles. The summed E-state index contributed by atoms with van der Waals surface area (Å²) >= 11 is 5.72. The minimum absolute atomic E-state index is 0.0987. The molecule has 1 saturated carbocycles. The molecule has 2 aliphatic rings. The summed E-state index contributed by atoms with van der Waals surface area (Å²) in [5, 5.41) is 3.34. The number of alkyl halides is 2. The van der Waals surface area contributed by atoms with Crippen LogP contribution in [0.2, 0.25) is 0 Å². The third-order valence-corrected chi connectivity index (χ3v) is 3.66. The maximum atomic E-state index is 13.1. The number of nitrogens with one attached hydrogen (secondary N) is 1. The fourth-order valence-electron chi connectivity index (χ4n) is 2.53. The second kappa shape index (κ2) is 4.15. The normalized spacial score (nSPS) is 43.4. The number of hydrogen-bond donors (Lipinski definition) is 1. The highest BCUT2D eigenvalue weighted by atomic mass is 35.5. The lowest BCUT2D eigenvalue weighted by Crippen LogP contribution is -2.55. The first kappa shape index (κ1) is 10.4. The molecule has 4 heteroatoms. The van der Waals surface area contributed by atoms with Crippen LogP contribution in [0.4, 0.5) is 4.39 Å². The van der Waals surface area contributed by atoms with E-state index in [-0.39, 0.29) is 23.8 Å². The third-order valence-electron chi connectivity index (χ3n) is 3.28. The molecule has 0 spiro atoms. The number of carbonyl (C=O) groups excluding carboxylic acids is 1. The largest absolute Gasteiger partial charge is 0.309 e. The lowest BCUT2D eigenvalue weighted by molar-refractivity contribution is -0.128. The minimum atomic E-state index is -0.783. The van der Waals surface area contributed by atoms with Gasteiger partial charge in [-0.3, -0.25) is 4.79 Å². The van der Waals surface area contributed by atoms with Gasteiger partial charge in [-0.05, 0) is 19.3 Å². The Hall–Kier alpha value is -0.150. The molecule has 0 aromatic rings. The number of ketones is 1. The summed E-state index contributed by atoms with van der Waals surface area (Å²) < 4.78 is 13.1. The van der Waals surface area contributed by atoms with Gasteiger partial charge in [0.1, 0.15) is 12.0 Å². The smallest absolute Gasteiger partial charge is 0.139 e. The number of carbonyl (C=O) groups is 1. The molecule has 1 saturated heterocycles. The second-order valence-electron chi connectivity index (χ2n) is 4.31. The van der Waals surface area contributed by atoms with Crippen LogP contribution in [0.15, 0.2) is 0 Å². The zero-order chi connectivity index (χ0) is 10.1. The van der Waals surface area contributed by atoms with Crippen LogP contribution in [0.5, 0.6) is 0 Å². The van der Waals surface area contributed by atoms with E-state index in [0.717, 1.165) is 6.42 Å². The van der Waals surface area contributed by atoms with Crippen molar-refractivity contribution in [1.29, 1.82) is 0 Å². The van der Waals surface area contributed by atoms with Crippen LogP contribution in [0, 0.1) is 5.92 Å². The molecular weight excluding hydrogens is 205 g/mol. The zero-order valence-electron chi connectivity index (χ0n) is 8.01. The Morgan fingerprint density at radius 1 is 1.50 bits per heavy atom. The van der Waals surface area contributed by atoms with Crippen molar-refractivity contribution >= 4 is 17.4 Å². The van der Waals surface area contributed by atoms with Gasteiger partial charge in [0.05, 0.1) is 0 Å². The van der Waals surface area contributed by atoms with E-state index in [9.17, 15) is 9.18 Å². The van der Waals surface area contributed by atoms with E-state index in [1.165, 1.54) is 0 Å². The highest BCUT2D eigenvalue weighted by Crippen LogP contribution is 2.31. The summed E-state index contributed by atoms with van der Waals surface area (Å²) in [7, 11) is 0. The summed E-state index contributed by atoms with van der Waals surface area (Å²) in [6.07, 6.45) is 1.44. The summed E-state index contributed by atoms with van der Waals surface area (Å²) in [6.45, 7) is 0. The summed E-state index contributed by atoms with van der Waals surface area (Å²) in [6, 6.07) is 0.272. The van der Waals surface area contributed by atoms with Crippen LogP contribution >= 0.6 is 11.6 Å². The molecule has 0 radical (unpaired) electrons. The highest BCUT2D eigenvalue weighted by Gasteiger charge is 2.40. The van der Waals surface area contributed by atoms with Crippen molar-refractivity contribution in [1.82, 2.24) is 5.32 Å². The second-order valence-corrected chi connectivity index (χ2v) is 4.62. The SMILES string of the molecule is O=C1CC(CCl)NC2CCC(F)CC12. The van der Waals surface area contributed by atoms with Crippen LogP contribution in [0.3, 0.4) is 0 Å². The molecule has 4 unspecified atom stereocenters. The van der Waals surface area contributed by atoms with Gasteiger partial charge < -0.3 is 5.32 Å². The van der Waals surface area contributed by atoms with Crippen LogP contribution in [-0.4, -0.2) is 29.9 Å². The Bertz CT molecular complexity index is 236. The monoisotopic (exact) mass is 219 g/mol. The van der Waals surface area contributed by atoms with E-state index in [0.29, 0.717) is 25.1 Å². The molecule has 2 fully saturated rings. The van der Waals surface area contributed by atoms with Gasteiger partial charge in [-0.2, -0.15) is 0 Å². The van der Waals surface area contributed by atoms with E-state index in [2.05, 4.69) is 5.32 Å². The summed E-state index contributed by atoms with van der Waals surface area (Å²) in [5.74, 6) is 0.563. The molecule has 2 nitrogen and oxygen atoms in total. The third kappa shape index (κ3) is 1.94. The van der Waals surface area contributed by atoms with Crippen LogP contribution in [0.1, 0.15) is 25.7 Å². The minimum Gasteiger partial charge on any atom is -0.309 e. The Morgan fingerprint density at radius 3 is 3.00 bits per heavy atom. The first-order valence-electron chi connectivity index (χ1n) is 5.19. The quantitative estimate of drug-likeness (QED) is 0.680. The van der Waals surface area contributed by atoms with Gasteiger partial charge in [-0.1, -0.05) is 0 Å². The predicted molar refractivity (Wildman–Crippen MR) is 53.3 cm³/mol. The maximum absolute atomic E-state index is 13.1. The Balaban J connectivity index is 2.03. The Morgan fingerprint density at radius 2 is 2.29 bits per heavy atom. The predicted octanol–water partition coefficient (Wildman–Crippen LogP) is 1.66. The van der Waals surface area contributed by atoms with Crippen molar-refractivity contribution in [3.8, 4) is 0 Å². The standard InChI is InChI=1S/C10H15ClFNO/c11-5-7-4-10(14)8-3-6(12)1-2-9(8)13-7/h6-9,13H,1-5H2. The van der Waals surface area contributed by atoms with E-state index < -0.39 is 6.17 Å². The van der Waals surface area contributed by atoms with Crippen molar-refractivity contribution in [2.75, 3.05) is 5.88 Å². The average molecular weight is 220 g/mol. The van der Waals surface area contributed by atoms with Crippen LogP contribution in [0.25, 0.3) is 0 Å². The summed E-state index contributed by atoms with van der Waals surface area (Å²) in [5.41, 5.74) is 0. The van der Waals surface area contributed by atoms with Crippen molar-refractivity contribution in [2.45, 2.75) is 43.9 Å². The fourth-order valence-corrected chi connectivity index (χ4v) is 2.73. The molecule has 1 N–H and O–H groups in total. The fraction of sp³-hybridized carbons (Fsp3) is 0.900. The first-order valence-corrected chi connectivity index (χ1v) is 5.73. The van der Waals surface area contributed by atoms with Gasteiger partial charge in [0.15, 0.2) is 0 Å². The molecule has 1 heterocycles. The number of fused-ring (bicyclic) bond motifs is 1. The molecule has 14 heavy (non-hydrogen) atoms. The van der Waals surface area contributed by atoms with Crippen molar-refractivity contribution < 1.29 is 9.18 Å². The molecule has 1 aliphatic carbocycles. The number of Topliss-reactive ketones (excluding diaryl/α,β-unsaturated/α-hetero) is 1. The van der Waals surface area contributed by atoms with Crippen molar-refractivity contribution in [3.63, 3.8) is 0 Å². The van der Waals surface area contributed by atoms with E-state index in [1.54, 1.807) is 0 Å². The topological polar surface area (TPSA) is 29.1 Å². The lowest BCUT2D eigenvalue weighted by atomic mass is 9.76. The molecule has 0 bridgehead atoms. The maximum Gasteiger partial charge on any atom is 0.139 e. The Kier molecular flexibility index (Phi) is 3.07. The van der Waals surface area contributed by atoms with Crippen molar-refractivity contribution in [2.24, 2.45) is 5.92 Å². The van der Waals surface area contributed by atoms with Gasteiger partial charge in [0, 0.05) is 30.3 Å². The average Bonchev–Trinajstić information content (AvgIpc) is 2.19. The molecular formula is C10H15ClFNO. The van der Waals surface area contributed by atoms with Crippen LogP contribution < -0.4 is 5.32 Å². The zero-order valence-corrected chi connectivity index (χ0v) is 8.77. The lowest BCUT2D eigenvalue weighted by Gasteiger charge is -2.39. The number of halogens is 2. The summed E-state index contributed by atoms with van der Waals surface area (Å²) in [4.78, 5) is 11.7. The van der Waals surface area contributed by atoms with Gasteiger partial charge in [-0.15, -0.1) is 11.6 Å². The van der Waals surface area contributed by atoms with E-state index >= 15 is 0 Å². The molecule has 4 atom stereocenters. The van der Waals surface area contributed by atoms with Crippen molar-refractivity contribution in [3.05, 3.63) is 0 Å². The number of hydrogen-bond acceptors (Lipinski definition) is 2. The van der Waals surface area contributed by atoms with Crippen LogP contribution in [-0.2, 0) is 4.79 Å². The molecule has 0 amide bonds. The number of rotatable bonds is 1. The molecule has 2 rings (SSSR count). The molecule has 80 valence electrons. The molecule has 0 aromatic carbocycles. The Labute approximate surface area is 88.2 Å². The highest BCUT2D eigenvalue weighted by molar-refractivity contribution is 6.18. The first-order chi connectivity index (χ1) is 6.70. The molecule has 1 aliphatic heterocycles. The van der Waals surface area contributed by atoms with Gasteiger partial charge in [0.25, 0.3) is 0 Å². The number of piperidine rings is 1. The van der Waals surface area contributed by atoms with E-state index in [1.807, 2.05) is 0 Å².